The van der Waals surface area contributed by atoms with Crippen molar-refractivity contribution in [3.63, 3.8) is 0 Å². The average molecular weight is 391 g/mol. The van der Waals surface area contributed by atoms with Crippen molar-refractivity contribution in [3.05, 3.63) is 23.8 Å². The van der Waals surface area contributed by atoms with Gasteiger partial charge in [-0.25, -0.2) is 0 Å². The molecule has 0 bridgehead atoms. The van der Waals surface area contributed by atoms with E-state index in [1.54, 1.807) is 25.3 Å². The lowest BCUT2D eigenvalue weighted by molar-refractivity contribution is 0.0193. The van der Waals surface area contributed by atoms with E-state index < -0.39 is 5.60 Å². The lowest BCUT2D eigenvalue weighted by Crippen LogP contribution is -2.45. The zero-order chi connectivity index (χ0) is 20.3. The van der Waals surface area contributed by atoms with Gasteiger partial charge >= 0.3 is 0 Å². The smallest absolute Gasteiger partial charge is 0.251 e. The summed E-state index contributed by atoms with van der Waals surface area (Å²) >= 11 is 0. The van der Waals surface area contributed by atoms with Crippen LogP contribution < -0.4 is 14.8 Å². The molecule has 2 fully saturated rings. The fraction of sp³-hybridized carbons (Fsp3) is 0.682. The van der Waals surface area contributed by atoms with Crippen LogP contribution in [0.3, 0.4) is 0 Å². The number of ether oxygens (including phenoxy) is 2. The average Bonchev–Trinajstić information content (AvgIpc) is 3.44. The molecular formula is C22H34N2O4. The number of benzene rings is 1. The van der Waals surface area contributed by atoms with Crippen molar-refractivity contribution in [2.45, 2.75) is 76.7 Å². The molecule has 0 spiro atoms. The summed E-state index contributed by atoms with van der Waals surface area (Å²) in [5, 5.41) is 13.1. The van der Waals surface area contributed by atoms with Gasteiger partial charge in [0.05, 0.1) is 12.7 Å². The number of carbonyl (C=O) groups is 1. The summed E-state index contributed by atoms with van der Waals surface area (Å²) < 4.78 is 11.7. The number of nitrogens with one attached hydrogen (secondary N) is 1. The Bertz CT molecular complexity index is 674. The van der Waals surface area contributed by atoms with Crippen molar-refractivity contribution in [2.24, 2.45) is 0 Å². The molecule has 1 heterocycles. The van der Waals surface area contributed by atoms with Crippen LogP contribution in [0.4, 0.5) is 0 Å². The minimum Gasteiger partial charge on any atom is -0.493 e. The molecule has 1 atom stereocenters. The number of rotatable bonds is 8. The Labute approximate surface area is 168 Å². The molecule has 2 aliphatic rings. The van der Waals surface area contributed by atoms with E-state index in [4.69, 9.17) is 9.47 Å². The van der Waals surface area contributed by atoms with E-state index in [1.807, 2.05) is 13.8 Å². The topological polar surface area (TPSA) is 71.0 Å². The Kier molecular flexibility index (Phi) is 6.50. The number of aliphatic hydroxyl groups is 1. The zero-order valence-corrected chi connectivity index (χ0v) is 17.5. The zero-order valence-electron chi connectivity index (χ0n) is 17.5. The molecule has 6 nitrogen and oxygen atoms in total. The molecule has 2 N–H and O–H groups in total. The molecule has 156 valence electrons. The van der Waals surface area contributed by atoms with E-state index in [1.165, 1.54) is 0 Å². The van der Waals surface area contributed by atoms with Crippen molar-refractivity contribution in [1.82, 2.24) is 10.2 Å². The maximum absolute atomic E-state index is 12.3. The number of amides is 1. The van der Waals surface area contributed by atoms with Crippen LogP contribution in [0.2, 0.25) is 0 Å². The second-order valence-electron chi connectivity index (χ2n) is 8.83. The van der Waals surface area contributed by atoms with Crippen molar-refractivity contribution in [3.8, 4) is 11.5 Å². The van der Waals surface area contributed by atoms with Gasteiger partial charge in [-0.05, 0) is 71.1 Å². The van der Waals surface area contributed by atoms with Gasteiger partial charge in [0, 0.05) is 30.7 Å². The minimum atomic E-state index is -0.651. The molecule has 28 heavy (non-hydrogen) atoms. The fourth-order valence-electron chi connectivity index (χ4n) is 3.87. The Morgan fingerprint density at radius 3 is 2.50 bits per heavy atom. The molecule has 0 aromatic heterocycles. The Morgan fingerprint density at radius 2 is 1.93 bits per heavy atom. The van der Waals surface area contributed by atoms with Gasteiger partial charge in [-0.2, -0.15) is 0 Å². The largest absolute Gasteiger partial charge is 0.493 e. The molecule has 1 aliphatic carbocycles. The third-order valence-corrected chi connectivity index (χ3v) is 5.53. The second-order valence-corrected chi connectivity index (χ2v) is 8.83. The predicted molar refractivity (Wildman–Crippen MR) is 109 cm³/mol. The first-order chi connectivity index (χ1) is 13.2. The van der Waals surface area contributed by atoms with Gasteiger partial charge in [0.1, 0.15) is 6.10 Å². The second kappa shape index (κ2) is 8.70. The van der Waals surface area contributed by atoms with E-state index in [9.17, 15) is 9.90 Å². The highest BCUT2D eigenvalue weighted by atomic mass is 16.5. The van der Waals surface area contributed by atoms with Crippen LogP contribution in [0.5, 0.6) is 11.5 Å². The van der Waals surface area contributed by atoms with Gasteiger partial charge < -0.3 is 24.8 Å². The van der Waals surface area contributed by atoms with E-state index in [0.717, 1.165) is 45.2 Å². The summed E-state index contributed by atoms with van der Waals surface area (Å²) in [6.07, 6.45) is 4.81. The Balaban J connectivity index is 1.58. The Morgan fingerprint density at radius 1 is 1.25 bits per heavy atom. The summed E-state index contributed by atoms with van der Waals surface area (Å²) in [7, 11) is 1.62. The number of piperidine rings is 1. The first kappa shape index (κ1) is 20.9. The van der Waals surface area contributed by atoms with Crippen molar-refractivity contribution >= 4 is 5.91 Å². The third kappa shape index (κ3) is 5.85. The van der Waals surface area contributed by atoms with Crippen LogP contribution in [-0.2, 0) is 0 Å². The van der Waals surface area contributed by atoms with Gasteiger partial charge in [0.2, 0.25) is 0 Å². The summed E-state index contributed by atoms with van der Waals surface area (Å²) in [6, 6.07) is 6.04. The van der Waals surface area contributed by atoms with Gasteiger partial charge in [0.15, 0.2) is 11.5 Å². The standard InChI is InChI=1S/C22H34N2O4/c1-15(14-22(2,3)26)24-11-9-18(10-12-24)28-20-13-16(5-8-19(20)27-4)21(25)23-17-6-7-17/h5,8,13,15,17-18,26H,6-7,9-12,14H2,1-4H3,(H,23,25). The minimum absolute atomic E-state index is 0.0507. The monoisotopic (exact) mass is 390 g/mol. The molecule has 1 saturated carbocycles. The summed E-state index contributed by atoms with van der Waals surface area (Å²) in [6.45, 7) is 7.76. The quantitative estimate of drug-likeness (QED) is 0.714. The Hall–Kier alpha value is -1.79. The SMILES string of the molecule is COc1ccc(C(=O)NC2CC2)cc1OC1CCN(C(C)CC(C)(C)O)CC1. The molecular weight excluding hydrogens is 356 g/mol. The molecule has 0 radical (unpaired) electrons. The molecule has 1 unspecified atom stereocenters. The molecule has 1 aliphatic heterocycles. The summed E-state index contributed by atoms with van der Waals surface area (Å²) in [5.74, 6) is 1.24. The predicted octanol–water partition coefficient (Wildman–Crippen LogP) is 2.98. The first-order valence-corrected chi connectivity index (χ1v) is 10.4. The van der Waals surface area contributed by atoms with E-state index in [0.29, 0.717) is 29.1 Å². The number of nitrogens with zero attached hydrogens (tertiary/aromatic N) is 1. The third-order valence-electron chi connectivity index (χ3n) is 5.53. The number of likely N-dealkylation sites (tertiary alicyclic amines) is 1. The van der Waals surface area contributed by atoms with Gasteiger partial charge in [-0.3, -0.25) is 4.79 Å². The maximum Gasteiger partial charge on any atom is 0.251 e. The lowest BCUT2D eigenvalue weighted by atomic mass is 9.97. The molecule has 3 rings (SSSR count). The molecule has 6 heteroatoms. The number of methoxy groups -OCH3 is 1. The maximum atomic E-state index is 12.3. The van der Waals surface area contributed by atoms with E-state index >= 15 is 0 Å². The first-order valence-electron chi connectivity index (χ1n) is 10.4. The normalized spacial score (nSPS) is 19.9. The number of carbonyl (C=O) groups excluding carboxylic acids is 1. The molecule has 1 saturated heterocycles. The highest BCUT2D eigenvalue weighted by Gasteiger charge is 2.28. The van der Waals surface area contributed by atoms with Crippen molar-refractivity contribution in [1.29, 1.82) is 0 Å². The van der Waals surface area contributed by atoms with Gasteiger partial charge in [-0.1, -0.05) is 0 Å². The van der Waals surface area contributed by atoms with Crippen LogP contribution in [0.1, 0.15) is 63.2 Å². The van der Waals surface area contributed by atoms with Gasteiger partial charge in [0.25, 0.3) is 5.91 Å². The molecule has 1 amide bonds. The van der Waals surface area contributed by atoms with Crippen LogP contribution in [0, 0.1) is 0 Å². The molecule has 1 aromatic rings. The van der Waals surface area contributed by atoms with Crippen molar-refractivity contribution in [2.75, 3.05) is 20.2 Å². The van der Waals surface area contributed by atoms with Crippen LogP contribution in [-0.4, -0.2) is 59.9 Å². The summed E-state index contributed by atoms with van der Waals surface area (Å²) in [4.78, 5) is 14.7. The van der Waals surface area contributed by atoms with E-state index in [-0.39, 0.29) is 12.0 Å². The fourth-order valence-corrected chi connectivity index (χ4v) is 3.87. The van der Waals surface area contributed by atoms with Gasteiger partial charge in [-0.15, -0.1) is 0 Å². The van der Waals surface area contributed by atoms with Crippen molar-refractivity contribution < 1.29 is 19.4 Å². The van der Waals surface area contributed by atoms with Crippen LogP contribution >= 0.6 is 0 Å². The highest BCUT2D eigenvalue weighted by molar-refractivity contribution is 5.95. The highest BCUT2D eigenvalue weighted by Crippen LogP contribution is 2.31. The molecule has 1 aromatic carbocycles. The number of hydrogen-bond acceptors (Lipinski definition) is 5. The van der Waals surface area contributed by atoms with Crippen LogP contribution in [0.25, 0.3) is 0 Å². The van der Waals surface area contributed by atoms with E-state index in [2.05, 4.69) is 17.1 Å². The lowest BCUT2D eigenvalue weighted by Gasteiger charge is -2.38. The summed E-state index contributed by atoms with van der Waals surface area (Å²) in [5.41, 5.74) is -0.0411. The number of hydrogen-bond donors (Lipinski definition) is 2. The van der Waals surface area contributed by atoms with Crippen LogP contribution in [0.15, 0.2) is 18.2 Å².